The van der Waals surface area contributed by atoms with Crippen LogP contribution in [0.5, 0.6) is 5.75 Å². The average molecular weight is 626 g/mol. The first-order chi connectivity index (χ1) is 20.5. The maximum absolute atomic E-state index is 11.8. The molecule has 10 nitrogen and oxygen atoms in total. The fraction of sp³-hybridized carbons (Fsp3) is 0.625. The molecule has 0 amide bonds. The molecule has 0 spiro atoms. The van der Waals surface area contributed by atoms with E-state index in [1.165, 1.54) is 0 Å². The summed E-state index contributed by atoms with van der Waals surface area (Å²) in [5.74, 6) is -1.13. The Morgan fingerprint density at radius 1 is 0.860 bits per heavy atom. The van der Waals surface area contributed by atoms with Crippen molar-refractivity contribution < 1.29 is 41.9 Å². The zero-order valence-electron chi connectivity index (χ0n) is 26.1. The number of nitrogens with one attached hydrogen (secondary N) is 1. The molecule has 11 heteroatoms. The van der Waals surface area contributed by atoms with E-state index in [-0.39, 0.29) is 13.2 Å². The lowest BCUT2D eigenvalue weighted by atomic mass is 10.1. The van der Waals surface area contributed by atoms with Crippen LogP contribution in [0.25, 0.3) is 10.8 Å². The number of fused-ring (bicyclic) bond motifs is 1. The van der Waals surface area contributed by atoms with Crippen LogP contribution in [0, 0.1) is 0 Å². The summed E-state index contributed by atoms with van der Waals surface area (Å²) in [5, 5.41) is 13.3. The Morgan fingerprint density at radius 3 is 2.07 bits per heavy atom. The zero-order chi connectivity index (χ0) is 32.1. The number of carbonyl (C=O) groups excluding carboxylic acids is 2. The second-order valence-corrected chi connectivity index (χ2v) is 12.3. The van der Waals surface area contributed by atoms with Gasteiger partial charge in [0.2, 0.25) is 0 Å². The van der Waals surface area contributed by atoms with E-state index in [1.807, 2.05) is 37.3 Å². The summed E-state index contributed by atoms with van der Waals surface area (Å²) in [6, 6.07) is 14.4. The molecule has 0 aliphatic carbocycles. The van der Waals surface area contributed by atoms with Crippen molar-refractivity contribution in [3.63, 3.8) is 0 Å². The maximum Gasteiger partial charge on any atom is 0.327 e. The molecule has 43 heavy (non-hydrogen) atoms. The Bertz CT molecular complexity index is 1170. The highest BCUT2D eigenvalue weighted by Gasteiger charge is 2.35. The smallest absolute Gasteiger partial charge is 0.327 e. The van der Waals surface area contributed by atoms with Crippen molar-refractivity contribution in [3.05, 3.63) is 42.5 Å². The summed E-state index contributed by atoms with van der Waals surface area (Å²) >= 11 is 0. The molecule has 0 aliphatic heterocycles. The molecule has 2 aromatic carbocycles. The molecular weight excluding hydrogens is 574 g/mol. The number of rotatable bonds is 20. The summed E-state index contributed by atoms with van der Waals surface area (Å²) in [6.07, 6.45) is 5.90. The van der Waals surface area contributed by atoms with Crippen molar-refractivity contribution in [1.29, 1.82) is 0 Å². The number of ether oxygens (including phenoxy) is 3. The summed E-state index contributed by atoms with van der Waals surface area (Å²) < 4.78 is 47.2. The Hall–Kier alpha value is -2.73. The lowest BCUT2D eigenvalue weighted by Gasteiger charge is -2.15. The topological polar surface area (TPSA) is 148 Å². The summed E-state index contributed by atoms with van der Waals surface area (Å²) in [5.41, 5.74) is 0. The van der Waals surface area contributed by atoms with Gasteiger partial charge < -0.3 is 24.6 Å². The number of benzene rings is 2. The zero-order valence-corrected chi connectivity index (χ0v) is 26.9. The van der Waals surface area contributed by atoms with E-state index >= 15 is 0 Å². The number of unbranched alkanes of at least 4 members (excludes halogenated alkanes) is 6. The highest BCUT2D eigenvalue weighted by atomic mass is 32.2. The quantitative estimate of drug-likeness (QED) is 0.0984. The highest BCUT2D eigenvalue weighted by molar-refractivity contribution is 7.87. The lowest BCUT2D eigenvalue weighted by molar-refractivity contribution is -0.150. The molecule has 2 unspecified atom stereocenters. The van der Waals surface area contributed by atoms with Gasteiger partial charge in [-0.1, -0.05) is 103 Å². The second-order valence-electron chi connectivity index (χ2n) is 10.7. The van der Waals surface area contributed by atoms with Gasteiger partial charge >= 0.3 is 11.9 Å². The molecule has 0 saturated carbocycles. The van der Waals surface area contributed by atoms with Crippen molar-refractivity contribution in [2.75, 3.05) is 26.4 Å². The number of hydrogen-bond acceptors (Lipinski definition) is 9. The van der Waals surface area contributed by atoms with Gasteiger partial charge in [-0.25, -0.2) is 0 Å². The Kier molecular flexibility index (Phi) is 19.5. The number of hydrogen-bond donors (Lipinski definition) is 3. The third-order valence-corrected chi connectivity index (χ3v) is 7.50. The molecule has 2 aromatic rings. The molecule has 244 valence electrons. The SMILES string of the molecule is CC(C)NCC(O)COc1cccc2ccccc12.CCCCCCOC(=O)CC(C(=O)OCCCCCC)S(=O)(=O)O. The standard InChI is InChI=1S/C16H21NO2.C16H30O7S/c1-12(2)17-10-14(18)11-19-16-9-5-7-13-6-3-4-8-15(13)16;1-3-5-7-9-11-22-15(17)13-14(24(19,20)21)16(18)23-12-10-8-6-4-2/h3-9,12,14,17-18H,10-11H2,1-2H3;14H,3-13H2,1-2H3,(H,19,20,21). The Labute approximate surface area is 257 Å². The molecule has 0 radical (unpaired) electrons. The van der Waals surface area contributed by atoms with Crippen molar-refractivity contribution >= 4 is 32.8 Å². The monoisotopic (exact) mass is 625 g/mol. The minimum Gasteiger partial charge on any atom is -0.490 e. The molecule has 3 N–H and O–H groups in total. The van der Waals surface area contributed by atoms with E-state index < -0.39 is 39.8 Å². The molecule has 0 heterocycles. The third kappa shape index (κ3) is 17.2. The van der Waals surface area contributed by atoms with Crippen molar-refractivity contribution in [1.82, 2.24) is 5.32 Å². The number of aliphatic hydroxyl groups is 1. The fourth-order valence-corrected chi connectivity index (χ4v) is 4.63. The highest BCUT2D eigenvalue weighted by Crippen LogP contribution is 2.25. The predicted octanol–water partition coefficient (Wildman–Crippen LogP) is 5.46. The Morgan fingerprint density at radius 2 is 1.47 bits per heavy atom. The van der Waals surface area contributed by atoms with E-state index in [2.05, 4.69) is 38.2 Å². The summed E-state index contributed by atoms with van der Waals surface area (Å²) in [7, 11) is -4.72. The van der Waals surface area contributed by atoms with Crippen LogP contribution in [0.4, 0.5) is 0 Å². The molecular formula is C32H51NO9S. The van der Waals surface area contributed by atoms with Crippen molar-refractivity contribution in [2.45, 2.75) is 103 Å². The van der Waals surface area contributed by atoms with E-state index in [1.54, 1.807) is 0 Å². The van der Waals surface area contributed by atoms with Crippen LogP contribution in [0.3, 0.4) is 0 Å². The first-order valence-corrected chi connectivity index (χ1v) is 16.8. The van der Waals surface area contributed by atoms with Crippen LogP contribution < -0.4 is 10.1 Å². The minimum atomic E-state index is -4.72. The molecule has 0 fully saturated rings. The average Bonchev–Trinajstić information content (AvgIpc) is 2.97. The van der Waals surface area contributed by atoms with Gasteiger partial charge in [-0.3, -0.25) is 14.1 Å². The van der Waals surface area contributed by atoms with Crippen LogP contribution in [-0.2, 0) is 29.2 Å². The summed E-state index contributed by atoms with van der Waals surface area (Å²) in [4.78, 5) is 23.5. The van der Waals surface area contributed by atoms with E-state index in [9.17, 15) is 23.1 Å². The van der Waals surface area contributed by atoms with Crippen LogP contribution in [0.15, 0.2) is 42.5 Å². The van der Waals surface area contributed by atoms with Crippen LogP contribution >= 0.6 is 0 Å². The normalized spacial score (nSPS) is 12.7. The largest absolute Gasteiger partial charge is 0.490 e. The van der Waals surface area contributed by atoms with E-state index in [4.69, 9.17) is 18.8 Å². The second kappa shape index (κ2) is 21.9. The van der Waals surface area contributed by atoms with Gasteiger partial charge in [0, 0.05) is 18.0 Å². The number of aliphatic hydroxyl groups excluding tert-OH is 1. The van der Waals surface area contributed by atoms with E-state index in [0.29, 0.717) is 32.0 Å². The molecule has 2 rings (SSSR count). The summed E-state index contributed by atoms with van der Waals surface area (Å²) in [6.45, 7) is 9.28. The van der Waals surface area contributed by atoms with Gasteiger partial charge in [0.25, 0.3) is 10.1 Å². The molecule has 2 atom stereocenters. The van der Waals surface area contributed by atoms with Crippen molar-refractivity contribution in [3.8, 4) is 5.75 Å². The predicted molar refractivity (Wildman–Crippen MR) is 169 cm³/mol. The molecule has 0 bridgehead atoms. The van der Waals surface area contributed by atoms with Gasteiger partial charge in [0.15, 0.2) is 5.25 Å². The number of carbonyl (C=O) groups is 2. The third-order valence-electron chi connectivity index (χ3n) is 6.42. The molecule has 0 saturated heterocycles. The Balaban J connectivity index is 0.000000439. The maximum atomic E-state index is 11.8. The fourth-order valence-electron chi connectivity index (χ4n) is 3.97. The van der Waals surface area contributed by atoms with Gasteiger partial charge in [-0.15, -0.1) is 0 Å². The van der Waals surface area contributed by atoms with Gasteiger partial charge in [0.1, 0.15) is 18.5 Å². The van der Waals surface area contributed by atoms with Crippen LogP contribution in [0.1, 0.15) is 85.5 Å². The van der Waals surface area contributed by atoms with Crippen LogP contribution in [-0.4, -0.2) is 73.8 Å². The minimum absolute atomic E-state index is 0.0664. The molecule has 0 aromatic heterocycles. The lowest BCUT2D eigenvalue weighted by Crippen LogP contribution is -2.35. The van der Waals surface area contributed by atoms with Gasteiger partial charge in [-0.05, 0) is 24.3 Å². The van der Waals surface area contributed by atoms with Crippen LogP contribution in [0.2, 0.25) is 0 Å². The first kappa shape index (κ1) is 38.3. The first-order valence-electron chi connectivity index (χ1n) is 15.3. The number of esters is 2. The van der Waals surface area contributed by atoms with Gasteiger partial charge in [-0.2, -0.15) is 8.42 Å². The van der Waals surface area contributed by atoms with Crippen molar-refractivity contribution in [2.24, 2.45) is 0 Å². The van der Waals surface area contributed by atoms with Gasteiger partial charge in [0.05, 0.1) is 19.6 Å². The molecule has 0 aliphatic rings. The van der Waals surface area contributed by atoms with E-state index in [0.717, 1.165) is 55.0 Å².